The number of benzene rings is 2. The van der Waals surface area contributed by atoms with Crippen LogP contribution >= 0.6 is 27.7 Å². The Kier molecular flexibility index (Phi) is 4.22. The molecule has 2 aromatic carbocycles. The van der Waals surface area contributed by atoms with Crippen molar-refractivity contribution in [2.24, 2.45) is 0 Å². The standard InChI is InChI=1S/C16H14BrNO2S/c1-20-14-7-5-13(6-8-14)18-15(19)10-21-16(18)11-3-2-4-12(17)9-11/h2-9,16H,10H2,1H3. The maximum absolute atomic E-state index is 12.3. The van der Waals surface area contributed by atoms with Gasteiger partial charge in [-0.05, 0) is 42.0 Å². The molecular formula is C16H14BrNO2S. The lowest BCUT2D eigenvalue weighted by Gasteiger charge is -2.24. The molecule has 0 bridgehead atoms. The minimum absolute atomic E-state index is 0.0170. The number of anilines is 1. The Labute approximate surface area is 136 Å². The summed E-state index contributed by atoms with van der Waals surface area (Å²) in [6.45, 7) is 0. The van der Waals surface area contributed by atoms with Gasteiger partial charge >= 0.3 is 0 Å². The minimum Gasteiger partial charge on any atom is -0.497 e. The topological polar surface area (TPSA) is 29.5 Å². The van der Waals surface area contributed by atoms with Crippen molar-refractivity contribution in [1.29, 1.82) is 0 Å². The van der Waals surface area contributed by atoms with Gasteiger partial charge in [0.1, 0.15) is 11.1 Å². The number of methoxy groups -OCH3 is 1. The van der Waals surface area contributed by atoms with Crippen molar-refractivity contribution in [2.45, 2.75) is 5.37 Å². The second-order valence-electron chi connectivity index (χ2n) is 4.68. The molecule has 0 aliphatic carbocycles. The number of carbonyl (C=O) groups is 1. The highest BCUT2D eigenvalue weighted by atomic mass is 79.9. The normalized spacial score (nSPS) is 18.1. The van der Waals surface area contributed by atoms with Crippen molar-refractivity contribution in [3.8, 4) is 5.75 Å². The van der Waals surface area contributed by atoms with Crippen molar-refractivity contribution >= 4 is 39.3 Å². The van der Waals surface area contributed by atoms with Gasteiger partial charge < -0.3 is 4.74 Å². The van der Waals surface area contributed by atoms with E-state index in [-0.39, 0.29) is 11.3 Å². The fourth-order valence-electron chi connectivity index (χ4n) is 2.35. The average Bonchev–Trinajstić information content (AvgIpc) is 2.89. The first-order valence-electron chi connectivity index (χ1n) is 6.52. The molecule has 1 heterocycles. The molecule has 2 aromatic rings. The monoisotopic (exact) mass is 363 g/mol. The van der Waals surface area contributed by atoms with E-state index >= 15 is 0 Å². The van der Waals surface area contributed by atoms with Crippen LogP contribution < -0.4 is 9.64 Å². The van der Waals surface area contributed by atoms with Crippen LogP contribution in [0.2, 0.25) is 0 Å². The summed E-state index contributed by atoms with van der Waals surface area (Å²) >= 11 is 5.14. The molecule has 1 atom stereocenters. The summed E-state index contributed by atoms with van der Waals surface area (Å²) < 4.78 is 6.19. The first-order chi connectivity index (χ1) is 10.2. The van der Waals surface area contributed by atoms with Crippen LogP contribution in [0.5, 0.6) is 5.75 Å². The maximum atomic E-state index is 12.3. The highest BCUT2D eigenvalue weighted by Gasteiger charge is 2.34. The summed E-state index contributed by atoms with van der Waals surface area (Å²) in [7, 11) is 1.64. The molecule has 21 heavy (non-hydrogen) atoms. The van der Waals surface area contributed by atoms with Gasteiger partial charge in [-0.2, -0.15) is 0 Å². The highest BCUT2D eigenvalue weighted by Crippen LogP contribution is 2.42. The van der Waals surface area contributed by atoms with Crippen LogP contribution in [0.1, 0.15) is 10.9 Å². The number of nitrogens with zero attached hydrogens (tertiary/aromatic N) is 1. The molecule has 0 radical (unpaired) electrons. The molecule has 1 unspecified atom stereocenters. The summed E-state index contributed by atoms with van der Waals surface area (Å²) in [5.41, 5.74) is 2.02. The number of amides is 1. The summed E-state index contributed by atoms with van der Waals surface area (Å²) in [6, 6.07) is 15.7. The Morgan fingerprint density at radius 2 is 2.00 bits per heavy atom. The third kappa shape index (κ3) is 2.94. The second-order valence-corrected chi connectivity index (χ2v) is 6.66. The average molecular weight is 364 g/mol. The Hall–Kier alpha value is -1.46. The Morgan fingerprint density at radius 3 is 2.67 bits per heavy atom. The molecule has 1 fully saturated rings. The molecule has 5 heteroatoms. The van der Waals surface area contributed by atoms with Crippen LogP contribution in [0.3, 0.4) is 0 Å². The van der Waals surface area contributed by atoms with Crippen LogP contribution in [-0.4, -0.2) is 18.8 Å². The van der Waals surface area contributed by atoms with Gasteiger partial charge in [-0.3, -0.25) is 9.69 Å². The van der Waals surface area contributed by atoms with E-state index in [4.69, 9.17) is 4.74 Å². The van der Waals surface area contributed by atoms with Crippen LogP contribution in [0.15, 0.2) is 53.0 Å². The van der Waals surface area contributed by atoms with Gasteiger partial charge in [0.25, 0.3) is 0 Å². The van der Waals surface area contributed by atoms with Crippen LogP contribution in [-0.2, 0) is 4.79 Å². The molecule has 1 aliphatic rings. The van der Waals surface area contributed by atoms with Gasteiger partial charge in [-0.25, -0.2) is 0 Å². The van der Waals surface area contributed by atoms with E-state index in [1.807, 2.05) is 41.3 Å². The second kappa shape index (κ2) is 6.12. The zero-order valence-electron chi connectivity index (χ0n) is 11.5. The van der Waals surface area contributed by atoms with E-state index in [1.165, 1.54) is 0 Å². The molecule has 1 aliphatic heterocycles. The number of halogens is 1. The van der Waals surface area contributed by atoms with Gasteiger partial charge in [-0.15, -0.1) is 11.8 Å². The van der Waals surface area contributed by atoms with E-state index in [2.05, 4.69) is 28.1 Å². The smallest absolute Gasteiger partial charge is 0.238 e. The van der Waals surface area contributed by atoms with Crippen LogP contribution in [0, 0.1) is 0 Å². The first-order valence-corrected chi connectivity index (χ1v) is 8.36. The molecule has 0 saturated carbocycles. The molecule has 0 N–H and O–H groups in total. The van der Waals surface area contributed by atoms with Gasteiger partial charge in [0, 0.05) is 10.2 Å². The third-order valence-electron chi connectivity index (χ3n) is 3.35. The molecule has 108 valence electrons. The zero-order chi connectivity index (χ0) is 14.8. The van der Waals surface area contributed by atoms with Gasteiger partial charge in [0.2, 0.25) is 5.91 Å². The number of ether oxygens (including phenoxy) is 1. The molecule has 1 amide bonds. The van der Waals surface area contributed by atoms with Gasteiger partial charge in [-0.1, -0.05) is 28.1 Å². The van der Waals surface area contributed by atoms with E-state index in [1.54, 1.807) is 18.9 Å². The van der Waals surface area contributed by atoms with E-state index in [0.29, 0.717) is 5.75 Å². The van der Waals surface area contributed by atoms with E-state index in [9.17, 15) is 4.79 Å². The number of hydrogen-bond donors (Lipinski definition) is 0. The predicted octanol–water partition coefficient (Wildman–Crippen LogP) is 4.24. The van der Waals surface area contributed by atoms with Gasteiger partial charge in [0.05, 0.1) is 12.9 Å². The number of rotatable bonds is 3. The van der Waals surface area contributed by atoms with E-state index < -0.39 is 0 Å². The quantitative estimate of drug-likeness (QED) is 0.816. The Bertz CT molecular complexity index is 660. The Morgan fingerprint density at radius 1 is 1.24 bits per heavy atom. The van der Waals surface area contributed by atoms with Crippen LogP contribution in [0.4, 0.5) is 5.69 Å². The predicted molar refractivity (Wildman–Crippen MR) is 89.8 cm³/mol. The summed E-state index contributed by atoms with van der Waals surface area (Å²) in [4.78, 5) is 14.1. The number of hydrogen-bond acceptors (Lipinski definition) is 3. The molecule has 3 nitrogen and oxygen atoms in total. The number of carbonyl (C=O) groups excluding carboxylic acids is 1. The lowest BCUT2D eigenvalue weighted by molar-refractivity contribution is -0.115. The lowest BCUT2D eigenvalue weighted by Crippen LogP contribution is -2.27. The lowest BCUT2D eigenvalue weighted by atomic mass is 10.2. The van der Waals surface area contributed by atoms with Crippen molar-refractivity contribution in [3.05, 3.63) is 58.6 Å². The van der Waals surface area contributed by atoms with Gasteiger partial charge in [0.15, 0.2) is 0 Å². The fourth-order valence-corrected chi connectivity index (χ4v) is 3.94. The minimum atomic E-state index is 0.0170. The summed E-state index contributed by atoms with van der Waals surface area (Å²) in [6.07, 6.45) is 0. The van der Waals surface area contributed by atoms with Crippen molar-refractivity contribution in [3.63, 3.8) is 0 Å². The largest absolute Gasteiger partial charge is 0.497 e. The number of thioether (sulfide) groups is 1. The molecule has 3 rings (SSSR count). The molecule has 0 aromatic heterocycles. The molecular weight excluding hydrogens is 350 g/mol. The molecule has 0 spiro atoms. The third-order valence-corrected chi connectivity index (χ3v) is 5.06. The van der Waals surface area contributed by atoms with Crippen molar-refractivity contribution < 1.29 is 9.53 Å². The van der Waals surface area contributed by atoms with E-state index in [0.717, 1.165) is 21.5 Å². The van der Waals surface area contributed by atoms with Crippen LogP contribution in [0.25, 0.3) is 0 Å². The SMILES string of the molecule is COc1ccc(N2C(=O)CSC2c2cccc(Br)c2)cc1. The summed E-state index contributed by atoms with van der Waals surface area (Å²) in [5, 5.41) is 0.0170. The van der Waals surface area contributed by atoms with Crippen molar-refractivity contribution in [1.82, 2.24) is 0 Å². The fraction of sp³-hybridized carbons (Fsp3) is 0.188. The molecule has 1 saturated heterocycles. The first kappa shape index (κ1) is 14.5. The summed E-state index contributed by atoms with van der Waals surface area (Å²) in [5.74, 6) is 1.43. The Balaban J connectivity index is 1.95. The highest BCUT2D eigenvalue weighted by molar-refractivity contribution is 9.10. The van der Waals surface area contributed by atoms with Crippen molar-refractivity contribution in [2.75, 3.05) is 17.8 Å². The maximum Gasteiger partial charge on any atom is 0.238 e. The zero-order valence-corrected chi connectivity index (χ0v) is 13.9.